The molecule has 2 N–H and O–H groups in total. The zero-order valence-electron chi connectivity index (χ0n) is 13.5. The fourth-order valence-corrected chi connectivity index (χ4v) is 2.78. The Morgan fingerprint density at radius 3 is 2.61 bits per heavy atom. The molecule has 0 aliphatic carbocycles. The third-order valence-electron chi connectivity index (χ3n) is 4.11. The van der Waals surface area contributed by atoms with Gasteiger partial charge in [0, 0.05) is 44.0 Å². The molecule has 0 atom stereocenters. The van der Waals surface area contributed by atoms with Gasteiger partial charge in [0.1, 0.15) is 0 Å². The van der Waals surface area contributed by atoms with E-state index in [0.29, 0.717) is 5.56 Å². The van der Waals surface area contributed by atoms with Crippen LogP contribution in [0, 0.1) is 6.92 Å². The molecule has 0 bridgehead atoms. The van der Waals surface area contributed by atoms with Gasteiger partial charge in [-0.3, -0.25) is 9.69 Å². The average Bonchev–Trinajstić information content (AvgIpc) is 2.58. The second-order valence-electron chi connectivity index (χ2n) is 6.05. The van der Waals surface area contributed by atoms with Gasteiger partial charge in [0.05, 0.1) is 0 Å². The van der Waals surface area contributed by atoms with E-state index in [9.17, 15) is 4.79 Å². The maximum Gasteiger partial charge on any atom is 0.255 e. The topological polar surface area (TPSA) is 44.4 Å². The van der Waals surface area contributed by atoms with Crippen molar-refractivity contribution in [3.05, 3.63) is 65.2 Å². The molecule has 120 valence electrons. The summed E-state index contributed by atoms with van der Waals surface area (Å²) < 4.78 is 0. The molecule has 4 nitrogen and oxygen atoms in total. The number of aryl methyl sites for hydroxylation is 1. The molecule has 0 saturated carbocycles. The van der Waals surface area contributed by atoms with Gasteiger partial charge in [0.15, 0.2) is 0 Å². The van der Waals surface area contributed by atoms with Crippen molar-refractivity contribution in [2.45, 2.75) is 13.5 Å². The molecule has 1 heterocycles. The minimum atomic E-state index is -0.0592. The van der Waals surface area contributed by atoms with Gasteiger partial charge in [0.2, 0.25) is 0 Å². The molecular weight excluding hydrogens is 286 g/mol. The Balaban J connectivity index is 1.66. The van der Waals surface area contributed by atoms with Crippen LogP contribution in [-0.4, -0.2) is 37.0 Å². The molecule has 2 aromatic carbocycles. The van der Waals surface area contributed by atoms with E-state index in [1.165, 1.54) is 11.1 Å². The monoisotopic (exact) mass is 309 g/mol. The maximum atomic E-state index is 12.4. The summed E-state index contributed by atoms with van der Waals surface area (Å²) in [5, 5.41) is 6.31. The van der Waals surface area contributed by atoms with E-state index in [-0.39, 0.29) is 5.91 Å². The summed E-state index contributed by atoms with van der Waals surface area (Å²) in [6.45, 7) is 7.11. The van der Waals surface area contributed by atoms with Gasteiger partial charge < -0.3 is 10.6 Å². The van der Waals surface area contributed by atoms with Crippen LogP contribution < -0.4 is 10.6 Å². The largest absolute Gasteiger partial charge is 0.322 e. The van der Waals surface area contributed by atoms with Crippen molar-refractivity contribution in [2.24, 2.45) is 0 Å². The molecule has 0 radical (unpaired) electrons. The minimum absolute atomic E-state index is 0.0592. The second kappa shape index (κ2) is 7.40. The standard InChI is InChI=1S/C19H23N3O/c1-15-5-7-18(8-6-15)21-19(23)17-4-2-3-16(13-17)14-22-11-9-20-10-12-22/h2-8,13,20H,9-12,14H2,1H3,(H,21,23). The smallest absolute Gasteiger partial charge is 0.255 e. The minimum Gasteiger partial charge on any atom is -0.322 e. The highest BCUT2D eigenvalue weighted by Gasteiger charge is 2.11. The van der Waals surface area contributed by atoms with Crippen molar-refractivity contribution < 1.29 is 4.79 Å². The number of rotatable bonds is 4. The number of nitrogens with one attached hydrogen (secondary N) is 2. The molecule has 1 saturated heterocycles. The second-order valence-corrected chi connectivity index (χ2v) is 6.05. The van der Waals surface area contributed by atoms with Gasteiger partial charge in [-0.2, -0.15) is 0 Å². The number of hydrogen-bond acceptors (Lipinski definition) is 3. The number of anilines is 1. The molecule has 1 aliphatic heterocycles. The van der Waals surface area contributed by atoms with Crippen molar-refractivity contribution >= 4 is 11.6 Å². The number of carbonyl (C=O) groups excluding carboxylic acids is 1. The first-order valence-corrected chi connectivity index (χ1v) is 8.11. The van der Waals surface area contributed by atoms with Crippen molar-refractivity contribution in [3.8, 4) is 0 Å². The number of piperazine rings is 1. The quantitative estimate of drug-likeness (QED) is 0.912. The highest BCUT2D eigenvalue weighted by molar-refractivity contribution is 6.04. The molecule has 4 heteroatoms. The zero-order chi connectivity index (χ0) is 16.1. The lowest BCUT2D eigenvalue weighted by atomic mass is 10.1. The van der Waals surface area contributed by atoms with Gasteiger partial charge in [-0.25, -0.2) is 0 Å². The molecule has 2 aromatic rings. The first-order valence-electron chi connectivity index (χ1n) is 8.11. The molecular formula is C19H23N3O. The summed E-state index contributed by atoms with van der Waals surface area (Å²) in [6.07, 6.45) is 0. The van der Waals surface area contributed by atoms with Crippen LogP contribution in [0.4, 0.5) is 5.69 Å². The molecule has 23 heavy (non-hydrogen) atoms. The fourth-order valence-electron chi connectivity index (χ4n) is 2.78. The normalized spacial score (nSPS) is 15.3. The molecule has 0 spiro atoms. The molecule has 1 amide bonds. The molecule has 1 aliphatic rings. The van der Waals surface area contributed by atoms with Gasteiger partial charge >= 0.3 is 0 Å². The lowest BCUT2D eigenvalue weighted by molar-refractivity contribution is 0.102. The van der Waals surface area contributed by atoms with Gasteiger partial charge in [-0.1, -0.05) is 29.8 Å². The number of hydrogen-bond donors (Lipinski definition) is 2. The first-order chi connectivity index (χ1) is 11.2. The summed E-state index contributed by atoms with van der Waals surface area (Å²) in [5.41, 5.74) is 3.90. The summed E-state index contributed by atoms with van der Waals surface area (Å²) in [7, 11) is 0. The Hall–Kier alpha value is -2.17. The Labute approximate surface area is 137 Å². The van der Waals surface area contributed by atoms with Crippen molar-refractivity contribution in [1.82, 2.24) is 10.2 Å². The number of nitrogens with zero attached hydrogens (tertiary/aromatic N) is 1. The van der Waals surface area contributed by atoms with Crippen LogP contribution in [0.3, 0.4) is 0 Å². The Morgan fingerprint density at radius 2 is 1.87 bits per heavy atom. The number of amides is 1. The lowest BCUT2D eigenvalue weighted by Crippen LogP contribution is -2.42. The van der Waals surface area contributed by atoms with E-state index >= 15 is 0 Å². The van der Waals surface area contributed by atoms with Crippen LogP contribution in [0.25, 0.3) is 0 Å². The van der Waals surface area contributed by atoms with E-state index in [2.05, 4.69) is 21.6 Å². The maximum absolute atomic E-state index is 12.4. The van der Waals surface area contributed by atoms with E-state index in [0.717, 1.165) is 38.4 Å². The predicted molar refractivity (Wildman–Crippen MR) is 93.7 cm³/mol. The number of carbonyl (C=O) groups is 1. The van der Waals surface area contributed by atoms with Crippen LogP contribution in [0.2, 0.25) is 0 Å². The third kappa shape index (κ3) is 4.41. The summed E-state index contributed by atoms with van der Waals surface area (Å²) in [5.74, 6) is -0.0592. The fraction of sp³-hybridized carbons (Fsp3) is 0.316. The zero-order valence-corrected chi connectivity index (χ0v) is 13.5. The average molecular weight is 309 g/mol. The summed E-state index contributed by atoms with van der Waals surface area (Å²) in [4.78, 5) is 14.8. The van der Waals surface area contributed by atoms with Crippen LogP contribution in [-0.2, 0) is 6.54 Å². The predicted octanol–water partition coefficient (Wildman–Crippen LogP) is 2.65. The first kappa shape index (κ1) is 15.7. The Morgan fingerprint density at radius 1 is 1.13 bits per heavy atom. The van der Waals surface area contributed by atoms with Crippen LogP contribution in [0.1, 0.15) is 21.5 Å². The molecule has 3 rings (SSSR count). The summed E-state index contributed by atoms with van der Waals surface area (Å²) in [6, 6.07) is 15.8. The van der Waals surface area contributed by atoms with E-state index in [4.69, 9.17) is 0 Å². The third-order valence-corrected chi connectivity index (χ3v) is 4.11. The Kier molecular flexibility index (Phi) is 5.05. The highest BCUT2D eigenvalue weighted by Crippen LogP contribution is 2.13. The molecule has 1 fully saturated rings. The molecule has 0 aromatic heterocycles. The van der Waals surface area contributed by atoms with Crippen molar-refractivity contribution in [3.63, 3.8) is 0 Å². The van der Waals surface area contributed by atoms with E-state index in [1.54, 1.807) is 0 Å². The summed E-state index contributed by atoms with van der Waals surface area (Å²) >= 11 is 0. The van der Waals surface area contributed by atoms with E-state index in [1.807, 2.05) is 49.4 Å². The highest BCUT2D eigenvalue weighted by atomic mass is 16.1. The SMILES string of the molecule is Cc1ccc(NC(=O)c2cccc(CN3CCNCC3)c2)cc1. The number of benzene rings is 2. The van der Waals surface area contributed by atoms with Crippen molar-refractivity contribution in [1.29, 1.82) is 0 Å². The van der Waals surface area contributed by atoms with Gasteiger partial charge in [-0.15, -0.1) is 0 Å². The van der Waals surface area contributed by atoms with Gasteiger partial charge in [0.25, 0.3) is 5.91 Å². The van der Waals surface area contributed by atoms with E-state index < -0.39 is 0 Å². The lowest BCUT2D eigenvalue weighted by Gasteiger charge is -2.27. The van der Waals surface area contributed by atoms with Crippen molar-refractivity contribution in [2.75, 3.05) is 31.5 Å². The van der Waals surface area contributed by atoms with Crippen LogP contribution >= 0.6 is 0 Å². The molecule has 0 unspecified atom stereocenters. The van der Waals surface area contributed by atoms with Crippen LogP contribution in [0.5, 0.6) is 0 Å². The Bertz CT molecular complexity index is 661. The van der Waals surface area contributed by atoms with Gasteiger partial charge in [-0.05, 0) is 36.8 Å². The van der Waals surface area contributed by atoms with Crippen LogP contribution in [0.15, 0.2) is 48.5 Å².